The van der Waals surface area contributed by atoms with Crippen molar-refractivity contribution in [2.24, 2.45) is 7.05 Å². The monoisotopic (exact) mass is 277 g/mol. The fraction of sp³-hybridized carbons (Fsp3) is 0.231. The molecule has 1 aromatic carbocycles. The van der Waals surface area contributed by atoms with Gasteiger partial charge in [-0.15, -0.1) is 0 Å². The van der Waals surface area contributed by atoms with Gasteiger partial charge in [0.1, 0.15) is 17.2 Å². The quantitative estimate of drug-likeness (QED) is 0.779. The molecule has 20 heavy (non-hydrogen) atoms. The van der Waals surface area contributed by atoms with Crippen LogP contribution in [0, 0.1) is 18.6 Å². The van der Waals surface area contributed by atoms with E-state index in [0.717, 1.165) is 11.8 Å². The highest BCUT2D eigenvalue weighted by atomic mass is 19.1. The lowest BCUT2D eigenvalue weighted by Gasteiger charge is -2.08. The maximum Gasteiger partial charge on any atom is 0.202 e. The van der Waals surface area contributed by atoms with E-state index in [0.29, 0.717) is 16.7 Å². The zero-order valence-electron chi connectivity index (χ0n) is 11.1. The average molecular weight is 277 g/mol. The van der Waals surface area contributed by atoms with Gasteiger partial charge in [0.15, 0.2) is 5.65 Å². The van der Waals surface area contributed by atoms with Gasteiger partial charge in [-0.2, -0.15) is 5.10 Å². The van der Waals surface area contributed by atoms with Crippen LogP contribution in [0.2, 0.25) is 0 Å². The number of aromatic nitrogens is 4. The average Bonchev–Trinajstić information content (AvgIpc) is 2.83. The molecule has 3 rings (SSSR count). The van der Waals surface area contributed by atoms with E-state index in [1.54, 1.807) is 16.3 Å². The Morgan fingerprint density at radius 3 is 2.75 bits per heavy atom. The fourth-order valence-electron chi connectivity index (χ4n) is 2.33. The van der Waals surface area contributed by atoms with Crippen LogP contribution in [0.25, 0.3) is 11.2 Å². The topological polar surface area (TPSA) is 61.7 Å². The van der Waals surface area contributed by atoms with Crippen molar-refractivity contribution in [3.05, 3.63) is 41.1 Å². The van der Waals surface area contributed by atoms with Gasteiger partial charge in [0, 0.05) is 18.7 Å². The summed E-state index contributed by atoms with van der Waals surface area (Å²) in [4.78, 5) is 4.24. The standard InChI is InChI=1S/C13H13F2N5/c1-7-11-12(19(2)18-7)20(13(16)17-11)6-8-3-4-9(14)5-10(8)15/h3-5H,6H2,1-2H3,(H2,16,17). The predicted octanol–water partition coefficient (Wildman–Crippen LogP) is 1.99. The van der Waals surface area contributed by atoms with Gasteiger partial charge in [0.25, 0.3) is 0 Å². The van der Waals surface area contributed by atoms with E-state index in [1.165, 1.54) is 12.1 Å². The van der Waals surface area contributed by atoms with Crippen molar-refractivity contribution in [3.8, 4) is 0 Å². The second-order valence-electron chi connectivity index (χ2n) is 4.67. The Morgan fingerprint density at radius 1 is 1.30 bits per heavy atom. The number of benzene rings is 1. The van der Waals surface area contributed by atoms with Crippen molar-refractivity contribution < 1.29 is 8.78 Å². The molecule has 5 nitrogen and oxygen atoms in total. The summed E-state index contributed by atoms with van der Waals surface area (Å²) in [5, 5.41) is 4.25. The Bertz CT molecular complexity index is 803. The van der Waals surface area contributed by atoms with Crippen molar-refractivity contribution in [3.63, 3.8) is 0 Å². The number of hydrogen-bond donors (Lipinski definition) is 1. The Hall–Kier alpha value is -2.44. The molecule has 0 aliphatic carbocycles. The summed E-state index contributed by atoms with van der Waals surface area (Å²) in [5.74, 6) is -0.934. The third-order valence-corrected chi connectivity index (χ3v) is 3.26. The maximum atomic E-state index is 13.7. The number of rotatable bonds is 2. The van der Waals surface area contributed by atoms with Gasteiger partial charge in [0.05, 0.1) is 12.2 Å². The van der Waals surface area contributed by atoms with Crippen LogP contribution < -0.4 is 5.73 Å². The smallest absolute Gasteiger partial charge is 0.202 e. The third kappa shape index (κ3) is 1.82. The minimum Gasteiger partial charge on any atom is -0.369 e. The van der Waals surface area contributed by atoms with E-state index < -0.39 is 11.6 Å². The fourth-order valence-corrected chi connectivity index (χ4v) is 2.33. The number of anilines is 1. The molecule has 2 heterocycles. The molecule has 0 unspecified atom stereocenters. The molecule has 7 heteroatoms. The maximum absolute atomic E-state index is 13.7. The number of nitrogens with zero attached hydrogens (tertiary/aromatic N) is 4. The molecule has 3 aromatic rings. The van der Waals surface area contributed by atoms with E-state index in [4.69, 9.17) is 5.73 Å². The van der Waals surface area contributed by atoms with Gasteiger partial charge in [-0.05, 0) is 13.0 Å². The van der Waals surface area contributed by atoms with E-state index in [1.807, 2.05) is 6.92 Å². The van der Waals surface area contributed by atoms with Gasteiger partial charge in [-0.3, -0.25) is 9.25 Å². The normalized spacial score (nSPS) is 11.4. The van der Waals surface area contributed by atoms with Gasteiger partial charge >= 0.3 is 0 Å². The van der Waals surface area contributed by atoms with Crippen LogP contribution in [0.5, 0.6) is 0 Å². The third-order valence-electron chi connectivity index (χ3n) is 3.26. The minimum atomic E-state index is -0.606. The Balaban J connectivity index is 2.13. The largest absolute Gasteiger partial charge is 0.369 e. The number of hydrogen-bond acceptors (Lipinski definition) is 3. The molecule has 104 valence electrons. The SMILES string of the molecule is Cc1nn(C)c2c1nc(N)n2Cc1ccc(F)cc1F. The van der Waals surface area contributed by atoms with Crippen molar-refractivity contribution in [2.75, 3.05) is 5.73 Å². The number of nitrogen functional groups attached to an aromatic ring is 1. The molecule has 0 bridgehead atoms. The Labute approximate surface area is 113 Å². The van der Waals surface area contributed by atoms with Crippen molar-refractivity contribution in [1.82, 2.24) is 19.3 Å². The summed E-state index contributed by atoms with van der Waals surface area (Å²) in [6, 6.07) is 3.48. The predicted molar refractivity (Wildman–Crippen MR) is 71.1 cm³/mol. The van der Waals surface area contributed by atoms with Crippen molar-refractivity contribution in [2.45, 2.75) is 13.5 Å². The highest BCUT2D eigenvalue weighted by molar-refractivity contribution is 5.77. The van der Waals surface area contributed by atoms with Gasteiger partial charge in [-0.1, -0.05) is 6.07 Å². The molecule has 0 radical (unpaired) electrons. The Kier molecular flexibility index (Phi) is 2.70. The number of nitrogens with two attached hydrogens (primary N) is 1. The summed E-state index contributed by atoms with van der Waals surface area (Å²) in [7, 11) is 1.77. The van der Waals surface area contributed by atoms with E-state index in [-0.39, 0.29) is 12.5 Å². The van der Waals surface area contributed by atoms with E-state index in [2.05, 4.69) is 10.1 Å². The number of halogens is 2. The summed E-state index contributed by atoms with van der Waals surface area (Å²) < 4.78 is 30.0. The molecule has 0 atom stereocenters. The van der Waals surface area contributed by atoms with Gasteiger partial charge < -0.3 is 5.73 Å². The second kappa shape index (κ2) is 4.29. The first-order chi connectivity index (χ1) is 9.47. The molecular formula is C13H13F2N5. The summed E-state index contributed by atoms with van der Waals surface area (Å²) in [6.45, 7) is 2.00. The molecular weight excluding hydrogens is 264 g/mol. The first-order valence-electron chi connectivity index (χ1n) is 6.06. The van der Waals surface area contributed by atoms with Crippen LogP contribution >= 0.6 is 0 Å². The lowest BCUT2D eigenvalue weighted by Crippen LogP contribution is -2.09. The molecule has 0 aliphatic heterocycles. The van der Waals surface area contributed by atoms with Gasteiger partial charge in [0.2, 0.25) is 5.95 Å². The van der Waals surface area contributed by atoms with Crippen LogP contribution in [0.4, 0.5) is 14.7 Å². The second-order valence-corrected chi connectivity index (χ2v) is 4.67. The van der Waals surface area contributed by atoms with Crippen LogP contribution in [-0.2, 0) is 13.6 Å². The van der Waals surface area contributed by atoms with Crippen LogP contribution in [0.15, 0.2) is 18.2 Å². The molecule has 0 amide bonds. The highest BCUT2D eigenvalue weighted by Crippen LogP contribution is 2.22. The Morgan fingerprint density at radius 2 is 2.05 bits per heavy atom. The lowest BCUT2D eigenvalue weighted by atomic mass is 10.2. The van der Waals surface area contributed by atoms with Crippen LogP contribution in [-0.4, -0.2) is 19.3 Å². The highest BCUT2D eigenvalue weighted by Gasteiger charge is 2.17. The van der Waals surface area contributed by atoms with Crippen molar-refractivity contribution in [1.29, 1.82) is 0 Å². The molecule has 0 saturated carbocycles. The molecule has 0 spiro atoms. The molecule has 0 fully saturated rings. The molecule has 0 aliphatic rings. The summed E-state index contributed by atoms with van der Waals surface area (Å²) in [5.41, 5.74) is 8.38. The molecule has 2 N–H and O–H groups in total. The number of aryl methyl sites for hydroxylation is 2. The first kappa shape index (κ1) is 12.6. The number of imidazole rings is 1. The lowest BCUT2D eigenvalue weighted by molar-refractivity contribution is 0.567. The summed E-state index contributed by atoms with van der Waals surface area (Å²) in [6.07, 6.45) is 0. The molecule has 0 saturated heterocycles. The zero-order valence-corrected chi connectivity index (χ0v) is 11.1. The zero-order chi connectivity index (χ0) is 14.4. The van der Waals surface area contributed by atoms with E-state index >= 15 is 0 Å². The molecule has 2 aromatic heterocycles. The van der Waals surface area contributed by atoms with E-state index in [9.17, 15) is 8.78 Å². The van der Waals surface area contributed by atoms with Crippen molar-refractivity contribution >= 4 is 17.1 Å². The first-order valence-corrected chi connectivity index (χ1v) is 6.06. The van der Waals surface area contributed by atoms with Crippen LogP contribution in [0.3, 0.4) is 0 Å². The summed E-state index contributed by atoms with van der Waals surface area (Å²) >= 11 is 0. The van der Waals surface area contributed by atoms with Crippen LogP contribution in [0.1, 0.15) is 11.3 Å². The van der Waals surface area contributed by atoms with Gasteiger partial charge in [-0.25, -0.2) is 13.8 Å². The number of fused-ring (bicyclic) bond motifs is 1. The minimum absolute atomic E-state index is 0.174.